The van der Waals surface area contributed by atoms with E-state index in [0.29, 0.717) is 64.2 Å². The molecule has 0 aromatic heterocycles. The van der Waals surface area contributed by atoms with E-state index in [4.69, 9.17) is 71.1 Å². The Labute approximate surface area is 469 Å². The summed E-state index contributed by atoms with van der Waals surface area (Å²) in [6, 6.07) is 0. The number of hydrogen-bond acceptors (Lipinski definition) is 19. The molecule has 0 saturated carbocycles. The number of fused-ring (bicyclic) bond motifs is 10. The van der Waals surface area contributed by atoms with Gasteiger partial charge in [-0.05, 0) is 73.8 Å². The summed E-state index contributed by atoms with van der Waals surface area (Å²) in [6.45, 7) is 17.6. The number of ketones is 1. The molecule has 16 saturated heterocycles. The highest BCUT2D eigenvalue weighted by molar-refractivity contribution is 5.79. The molecule has 16 fully saturated rings. The van der Waals surface area contributed by atoms with Crippen LogP contribution in [0.15, 0.2) is 24.3 Å². The van der Waals surface area contributed by atoms with E-state index < -0.39 is 66.2 Å². The van der Waals surface area contributed by atoms with Gasteiger partial charge in [-0.1, -0.05) is 40.9 Å². The van der Waals surface area contributed by atoms with Crippen LogP contribution in [0, 0.1) is 23.7 Å². The van der Waals surface area contributed by atoms with Crippen LogP contribution < -0.4 is 0 Å². The summed E-state index contributed by atoms with van der Waals surface area (Å²) in [4.78, 5) is 27.0. The Bertz CT molecular complexity index is 2410. The van der Waals surface area contributed by atoms with Crippen LogP contribution in [0.5, 0.6) is 0 Å². The number of carbonyl (C=O) groups is 2. The van der Waals surface area contributed by atoms with Crippen molar-refractivity contribution in [3.8, 4) is 0 Å². The number of aliphatic hydroxyl groups excluding tert-OH is 2. The van der Waals surface area contributed by atoms with Gasteiger partial charge < -0.3 is 81.3 Å². The summed E-state index contributed by atoms with van der Waals surface area (Å²) in [5.74, 6) is -3.05. The van der Waals surface area contributed by atoms with Crippen LogP contribution in [0.25, 0.3) is 0 Å². The highest BCUT2D eigenvalue weighted by Crippen LogP contribution is 2.58. The standard InChI is InChI=1S/C61H86O19/c1-27-15-34-7-9-38-28(2)16-36(66-38)11-13-59-25-47-55(79-59)56-57(73-47)58(80-59)54-39(70-56)10-8-35(68-54)18-49(65)74-53-32(6)52-44(69-43(53)20-40(67-34)31(27)5)21-42-46(72-52)24-61(75-42)26-48-51(78-61)30(4)23-60(77-48)22-29(3)50-45(76-60)19-37(64)41(71-50)17-33(63)12-14-62/h27,29-30,32,34-48,50-58,62,64H,2,5,7-26H2,1,3-4,6H3/t27-,29+,30+,32+,34+,35-,36+,37-,38+,39+,40-,41-,42+,43+,44+,45+,46+,47-,48+,50+,51+,52+,53-,54+,55+,56+,57-,58+,59+,60-,61-/m1/s1. The monoisotopic (exact) mass is 1120 g/mol. The third kappa shape index (κ3) is 9.51. The van der Waals surface area contributed by atoms with Gasteiger partial charge in [0.25, 0.3) is 0 Å². The molecule has 0 aromatic carbocycles. The van der Waals surface area contributed by atoms with E-state index in [1.807, 2.05) is 0 Å². The van der Waals surface area contributed by atoms with Crippen LogP contribution in [0.4, 0.5) is 0 Å². The maximum atomic E-state index is 14.6. The maximum Gasteiger partial charge on any atom is 0.308 e. The molecule has 16 aliphatic rings. The van der Waals surface area contributed by atoms with Gasteiger partial charge in [0.1, 0.15) is 42.4 Å². The van der Waals surface area contributed by atoms with Crippen molar-refractivity contribution < 1.29 is 90.9 Å². The summed E-state index contributed by atoms with van der Waals surface area (Å²) in [6.07, 6.45) is 2.59. The zero-order chi connectivity index (χ0) is 54.7. The second kappa shape index (κ2) is 20.6. The van der Waals surface area contributed by atoms with Gasteiger partial charge in [0.05, 0.1) is 116 Å². The number of Topliss-reactive ketones (excluding diaryl/α,β-unsaturated/α-hetero) is 1. The first-order valence-corrected chi connectivity index (χ1v) is 31.2. The molecule has 0 aromatic rings. The van der Waals surface area contributed by atoms with E-state index in [1.54, 1.807) is 0 Å². The first-order chi connectivity index (χ1) is 38.5. The molecule has 0 amide bonds. The third-order valence-corrected chi connectivity index (χ3v) is 22.0. The zero-order valence-electron chi connectivity index (χ0n) is 47.1. The minimum Gasteiger partial charge on any atom is -0.459 e. The molecular weight excluding hydrogens is 1040 g/mol. The van der Waals surface area contributed by atoms with E-state index in [1.165, 1.54) is 0 Å². The topological polar surface area (TPSA) is 213 Å². The summed E-state index contributed by atoms with van der Waals surface area (Å²) in [7, 11) is 0. The van der Waals surface area contributed by atoms with Gasteiger partial charge in [-0.25, -0.2) is 0 Å². The van der Waals surface area contributed by atoms with E-state index in [-0.39, 0.29) is 159 Å². The molecule has 19 nitrogen and oxygen atoms in total. The predicted molar refractivity (Wildman–Crippen MR) is 277 cm³/mol. The van der Waals surface area contributed by atoms with Gasteiger partial charge in [0.15, 0.2) is 17.4 Å². The van der Waals surface area contributed by atoms with Gasteiger partial charge in [-0.3, -0.25) is 9.59 Å². The number of esters is 1. The van der Waals surface area contributed by atoms with Gasteiger partial charge in [-0.15, -0.1) is 0 Å². The maximum absolute atomic E-state index is 14.6. The second-order valence-corrected chi connectivity index (χ2v) is 27.7. The van der Waals surface area contributed by atoms with E-state index in [9.17, 15) is 19.8 Å². The van der Waals surface area contributed by atoms with Crippen LogP contribution in [-0.4, -0.2) is 192 Å². The molecule has 31 atom stereocenters. The molecule has 0 radical (unpaired) electrons. The lowest BCUT2D eigenvalue weighted by atomic mass is 9.78. The molecule has 80 heavy (non-hydrogen) atoms. The first kappa shape index (κ1) is 54.6. The summed E-state index contributed by atoms with van der Waals surface area (Å²) < 4.78 is 104. The highest BCUT2D eigenvalue weighted by atomic mass is 16.8. The fourth-order valence-electron chi connectivity index (χ4n) is 18.3. The van der Waals surface area contributed by atoms with Crippen LogP contribution in [0.2, 0.25) is 0 Å². The lowest BCUT2D eigenvalue weighted by molar-refractivity contribution is -0.371. The molecule has 0 unspecified atom stereocenters. The van der Waals surface area contributed by atoms with Crippen LogP contribution in [0.1, 0.15) is 150 Å². The Morgan fingerprint density at radius 3 is 2.05 bits per heavy atom. The Morgan fingerprint density at radius 2 is 1.20 bits per heavy atom. The molecule has 444 valence electrons. The van der Waals surface area contributed by atoms with Crippen LogP contribution >= 0.6 is 0 Å². The Kier molecular flexibility index (Phi) is 14.0. The normalized spacial score (nSPS) is 56.9. The molecule has 16 aliphatic heterocycles. The van der Waals surface area contributed by atoms with Crippen molar-refractivity contribution in [2.24, 2.45) is 23.7 Å². The van der Waals surface area contributed by atoms with E-state index in [0.717, 1.165) is 49.7 Å². The molecule has 19 heteroatoms. The summed E-state index contributed by atoms with van der Waals surface area (Å²) in [5, 5.41) is 20.4. The molecule has 2 N–H and O–H groups in total. The fourth-order valence-corrected chi connectivity index (χ4v) is 18.3. The smallest absolute Gasteiger partial charge is 0.308 e. The quantitative estimate of drug-likeness (QED) is 0.262. The number of carbonyl (C=O) groups excluding carboxylic acids is 2. The molecule has 0 aliphatic carbocycles. The molecule has 16 heterocycles. The van der Waals surface area contributed by atoms with Gasteiger partial charge >= 0.3 is 5.97 Å². The average Bonchev–Trinajstić information content (AvgIpc) is 4.25. The van der Waals surface area contributed by atoms with E-state index in [2.05, 4.69) is 40.9 Å². The van der Waals surface area contributed by atoms with Crippen LogP contribution in [0.3, 0.4) is 0 Å². The molecule has 16 rings (SSSR count). The van der Waals surface area contributed by atoms with Gasteiger partial charge in [0.2, 0.25) is 0 Å². The lowest BCUT2D eigenvalue weighted by Crippen LogP contribution is -2.62. The average molecular weight is 1120 g/mol. The first-order valence-electron chi connectivity index (χ1n) is 31.2. The highest BCUT2D eigenvalue weighted by Gasteiger charge is 2.70. The van der Waals surface area contributed by atoms with Gasteiger partial charge in [-0.2, -0.15) is 0 Å². The Hall–Kier alpha value is -2.02. The van der Waals surface area contributed by atoms with E-state index >= 15 is 0 Å². The predicted octanol–water partition coefficient (Wildman–Crippen LogP) is 5.52. The van der Waals surface area contributed by atoms with Crippen molar-refractivity contribution in [2.45, 2.75) is 314 Å². The Morgan fingerprint density at radius 1 is 0.525 bits per heavy atom. The largest absolute Gasteiger partial charge is 0.459 e. The van der Waals surface area contributed by atoms with Crippen molar-refractivity contribution >= 4 is 11.8 Å². The summed E-state index contributed by atoms with van der Waals surface area (Å²) in [5.41, 5.74) is 2.15. The van der Waals surface area contributed by atoms with Crippen molar-refractivity contribution in [1.82, 2.24) is 0 Å². The minimum absolute atomic E-state index is 0.0122. The SMILES string of the molecule is C=C1C[C@@H]2CC[C@@]34C[C@H]5O[C@H]6[C@@H](O3)[C@H]3O[C@H](CC[C@@H]3O[C@H]6[C@H]5O4)CC(=O)O[C@@H]3[C@@H](C)[C@@H]4O[C@H]5C[C@@]6(C[C@@H]7O[C@]8(C[C@H](C)[C@@H]9O[C@H](CC(=O)CCO)[C@H](O)C[C@@H]9O8)C[C@H](C)[C@@H]7O6)O[C@H]5C[C@@H]4O[C@H]3C[C@H]3O[C@@H](CC[C@@H]1O2)C[C@@H](C)C3=C. The number of ether oxygens (including phenoxy) is 15. The number of hydrogen-bond donors (Lipinski definition) is 2. The molecular formula is C61H86O19. The van der Waals surface area contributed by atoms with Gasteiger partial charge in [0, 0.05) is 83.2 Å². The minimum atomic E-state index is -0.939. The van der Waals surface area contributed by atoms with Crippen molar-refractivity contribution in [1.29, 1.82) is 0 Å². The Balaban J connectivity index is 0.652. The van der Waals surface area contributed by atoms with Crippen molar-refractivity contribution in [3.05, 3.63) is 24.3 Å². The van der Waals surface area contributed by atoms with Crippen molar-refractivity contribution in [2.75, 3.05) is 6.61 Å². The fraction of sp³-hybridized carbons (Fsp3) is 0.902. The molecule has 3 spiro atoms. The number of aliphatic hydroxyl groups is 2. The lowest BCUT2D eigenvalue weighted by Gasteiger charge is -2.54. The van der Waals surface area contributed by atoms with Crippen LogP contribution in [-0.2, 0) is 80.6 Å². The van der Waals surface area contributed by atoms with Crippen molar-refractivity contribution in [3.63, 3.8) is 0 Å². The molecule has 12 bridgehead atoms. The summed E-state index contributed by atoms with van der Waals surface area (Å²) >= 11 is 0. The third-order valence-electron chi connectivity index (χ3n) is 22.0. The number of rotatable bonds is 4. The zero-order valence-corrected chi connectivity index (χ0v) is 47.1. The second-order valence-electron chi connectivity index (χ2n) is 27.7.